The zero-order valence-corrected chi connectivity index (χ0v) is 18.6. The molecule has 0 atom stereocenters. The third-order valence-corrected chi connectivity index (χ3v) is 6.58. The summed E-state index contributed by atoms with van der Waals surface area (Å²) < 4.78 is 57.1. The van der Waals surface area contributed by atoms with Crippen molar-refractivity contribution in [3.05, 3.63) is 42.7 Å². The first-order chi connectivity index (χ1) is 15.2. The normalized spacial score (nSPS) is 16.8. The van der Waals surface area contributed by atoms with Gasteiger partial charge in [0, 0.05) is 42.9 Å². The number of anilines is 1. The van der Waals surface area contributed by atoms with E-state index in [1.165, 1.54) is 6.26 Å². The second-order valence-corrected chi connectivity index (χ2v) is 10.5. The Kier molecular flexibility index (Phi) is 6.32. The molecule has 1 aliphatic rings. The minimum atomic E-state index is -3.02. The third-order valence-electron chi connectivity index (χ3n) is 5.55. The number of ether oxygens (including phenoxy) is 1. The molecule has 1 aliphatic carbocycles. The van der Waals surface area contributed by atoms with Crippen LogP contribution in [0.25, 0.3) is 16.7 Å². The predicted molar refractivity (Wildman–Crippen MR) is 120 cm³/mol. The summed E-state index contributed by atoms with van der Waals surface area (Å²) in [5.41, 5.74) is 0.882. The Bertz CT molecular complexity index is 1190. The van der Waals surface area contributed by atoms with E-state index in [9.17, 15) is 17.2 Å². The molecule has 32 heavy (non-hydrogen) atoms. The molecule has 0 saturated heterocycles. The van der Waals surface area contributed by atoms with Crippen molar-refractivity contribution >= 4 is 26.7 Å². The standard InChI is InChI=1S/C22H26F2N4O3S/c1-32(29,30)15-3-14-31-19-5-2-4-18-17(19)9-13-28(18)20-8-12-25-21(27-20)26-16-6-10-22(23,24)11-7-16/h2,4-5,8-9,12-13,16H,3,6-7,10-11,14-15H2,1H3,(H,25,26,27). The first-order valence-electron chi connectivity index (χ1n) is 10.6. The fraction of sp³-hybridized carbons (Fsp3) is 0.455. The Balaban J connectivity index is 1.48. The number of hydrogen-bond acceptors (Lipinski definition) is 6. The van der Waals surface area contributed by atoms with Gasteiger partial charge in [0.2, 0.25) is 11.9 Å². The molecule has 0 spiro atoms. The average molecular weight is 465 g/mol. The maximum absolute atomic E-state index is 13.4. The molecule has 4 rings (SSSR count). The molecule has 0 aliphatic heterocycles. The van der Waals surface area contributed by atoms with Crippen LogP contribution in [0.5, 0.6) is 5.75 Å². The predicted octanol–water partition coefficient (Wildman–Crippen LogP) is 4.22. The molecular weight excluding hydrogens is 438 g/mol. The maximum atomic E-state index is 13.4. The lowest BCUT2D eigenvalue weighted by Gasteiger charge is -2.28. The summed E-state index contributed by atoms with van der Waals surface area (Å²) >= 11 is 0. The van der Waals surface area contributed by atoms with Crippen molar-refractivity contribution in [1.82, 2.24) is 14.5 Å². The number of benzene rings is 1. The first-order valence-corrected chi connectivity index (χ1v) is 12.6. The van der Waals surface area contributed by atoms with E-state index in [2.05, 4.69) is 15.3 Å². The Morgan fingerprint density at radius 1 is 1.22 bits per heavy atom. The largest absolute Gasteiger partial charge is 0.493 e. The lowest BCUT2D eigenvalue weighted by atomic mass is 9.92. The Morgan fingerprint density at radius 3 is 2.75 bits per heavy atom. The van der Waals surface area contributed by atoms with Gasteiger partial charge in [0.25, 0.3) is 0 Å². The van der Waals surface area contributed by atoms with Gasteiger partial charge in [-0.1, -0.05) is 6.07 Å². The van der Waals surface area contributed by atoms with E-state index in [4.69, 9.17) is 4.74 Å². The summed E-state index contributed by atoms with van der Waals surface area (Å²) in [4.78, 5) is 8.82. The van der Waals surface area contributed by atoms with Crippen LogP contribution in [-0.2, 0) is 9.84 Å². The highest BCUT2D eigenvalue weighted by molar-refractivity contribution is 7.90. The van der Waals surface area contributed by atoms with Gasteiger partial charge in [-0.05, 0) is 43.5 Å². The SMILES string of the molecule is CS(=O)(=O)CCCOc1cccc2c1ccn2-c1ccnc(NC2CCC(F)(F)CC2)n1. The molecule has 0 unspecified atom stereocenters. The van der Waals surface area contributed by atoms with Crippen LogP contribution in [0.3, 0.4) is 0 Å². The van der Waals surface area contributed by atoms with Crippen LogP contribution in [0, 0.1) is 0 Å². The smallest absolute Gasteiger partial charge is 0.248 e. The number of alkyl halides is 2. The molecule has 7 nitrogen and oxygen atoms in total. The summed E-state index contributed by atoms with van der Waals surface area (Å²) in [6.07, 6.45) is 5.66. The monoisotopic (exact) mass is 464 g/mol. The van der Waals surface area contributed by atoms with Gasteiger partial charge in [0.05, 0.1) is 17.9 Å². The molecule has 0 radical (unpaired) electrons. The van der Waals surface area contributed by atoms with Crippen molar-refractivity contribution in [3.63, 3.8) is 0 Å². The maximum Gasteiger partial charge on any atom is 0.248 e. The van der Waals surface area contributed by atoms with E-state index in [0.29, 0.717) is 43.4 Å². The lowest BCUT2D eigenvalue weighted by molar-refractivity contribution is -0.0361. The van der Waals surface area contributed by atoms with Crippen molar-refractivity contribution in [2.24, 2.45) is 0 Å². The number of fused-ring (bicyclic) bond motifs is 1. The molecule has 1 N–H and O–H groups in total. The van der Waals surface area contributed by atoms with Gasteiger partial charge in [0.1, 0.15) is 21.4 Å². The molecule has 10 heteroatoms. The second-order valence-electron chi connectivity index (χ2n) is 8.22. The Labute approximate surface area is 185 Å². The van der Waals surface area contributed by atoms with E-state index >= 15 is 0 Å². The van der Waals surface area contributed by atoms with Gasteiger partial charge in [-0.15, -0.1) is 0 Å². The Morgan fingerprint density at radius 2 is 2.00 bits per heavy atom. The molecule has 172 valence electrons. The van der Waals surface area contributed by atoms with Crippen molar-refractivity contribution < 1.29 is 21.9 Å². The van der Waals surface area contributed by atoms with Crippen LogP contribution in [0.4, 0.5) is 14.7 Å². The number of aromatic nitrogens is 3. The van der Waals surface area contributed by atoms with Crippen molar-refractivity contribution in [2.45, 2.75) is 44.1 Å². The van der Waals surface area contributed by atoms with Crippen LogP contribution in [0.2, 0.25) is 0 Å². The minimum absolute atomic E-state index is 0.0711. The van der Waals surface area contributed by atoms with Gasteiger partial charge >= 0.3 is 0 Å². The van der Waals surface area contributed by atoms with Gasteiger partial charge in [0.15, 0.2) is 0 Å². The summed E-state index contributed by atoms with van der Waals surface area (Å²) in [5.74, 6) is -0.764. The highest BCUT2D eigenvalue weighted by Crippen LogP contribution is 2.34. The number of rotatable bonds is 8. The number of hydrogen-bond donors (Lipinski definition) is 1. The zero-order valence-electron chi connectivity index (χ0n) is 17.8. The van der Waals surface area contributed by atoms with E-state index < -0.39 is 15.8 Å². The lowest BCUT2D eigenvalue weighted by Crippen LogP contribution is -2.32. The number of nitrogens with zero attached hydrogens (tertiary/aromatic N) is 3. The van der Waals surface area contributed by atoms with E-state index in [1.807, 2.05) is 35.0 Å². The van der Waals surface area contributed by atoms with Gasteiger partial charge < -0.3 is 14.6 Å². The average Bonchev–Trinajstić information content (AvgIpc) is 3.17. The van der Waals surface area contributed by atoms with Crippen molar-refractivity contribution in [2.75, 3.05) is 23.9 Å². The van der Waals surface area contributed by atoms with Gasteiger partial charge in [-0.2, -0.15) is 4.98 Å². The molecule has 0 amide bonds. The van der Waals surface area contributed by atoms with Gasteiger partial charge in [-0.3, -0.25) is 0 Å². The van der Waals surface area contributed by atoms with Crippen LogP contribution < -0.4 is 10.1 Å². The van der Waals surface area contributed by atoms with Crippen molar-refractivity contribution in [3.8, 4) is 11.6 Å². The van der Waals surface area contributed by atoms with E-state index in [1.54, 1.807) is 12.3 Å². The zero-order chi connectivity index (χ0) is 22.8. The number of halogens is 2. The highest BCUT2D eigenvalue weighted by Gasteiger charge is 2.35. The van der Waals surface area contributed by atoms with E-state index in [-0.39, 0.29) is 24.6 Å². The number of sulfone groups is 1. The van der Waals surface area contributed by atoms with Gasteiger partial charge in [-0.25, -0.2) is 22.2 Å². The fourth-order valence-electron chi connectivity index (χ4n) is 3.89. The molecule has 2 aromatic heterocycles. The molecular formula is C22H26F2N4O3S. The summed E-state index contributed by atoms with van der Waals surface area (Å²) in [6.45, 7) is 0.305. The molecule has 1 fully saturated rings. The topological polar surface area (TPSA) is 86.1 Å². The molecule has 2 heterocycles. The molecule has 1 saturated carbocycles. The molecule has 3 aromatic rings. The second kappa shape index (κ2) is 9.01. The molecule has 0 bridgehead atoms. The van der Waals surface area contributed by atoms with Crippen LogP contribution in [0.15, 0.2) is 42.7 Å². The van der Waals surface area contributed by atoms with E-state index in [0.717, 1.165) is 10.9 Å². The highest BCUT2D eigenvalue weighted by atomic mass is 32.2. The van der Waals surface area contributed by atoms with Crippen LogP contribution in [-0.4, -0.2) is 53.5 Å². The summed E-state index contributed by atoms with van der Waals surface area (Å²) in [5, 5.41) is 4.07. The Hall–Kier alpha value is -2.75. The minimum Gasteiger partial charge on any atom is -0.493 e. The fourth-order valence-corrected chi connectivity index (χ4v) is 4.53. The van der Waals surface area contributed by atoms with Crippen LogP contribution >= 0.6 is 0 Å². The quantitative estimate of drug-likeness (QED) is 0.503. The first kappa shape index (κ1) is 22.4. The van der Waals surface area contributed by atoms with Crippen molar-refractivity contribution in [1.29, 1.82) is 0 Å². The number of nitrogens with one attached hydrogen (secondary N) is 1. The summed E-state index contributed by atoms with van der Waals surface area (Å²) in [7, 11) is -3.02. The van der Waals surface area contributed by atoms with Crippen LogP contribution in [0.1, 0.15) is 32.1 Å². The summed E-state index contributed by atoms with van der Waals surface area (Å²) in [6, 6.07) is 9.28. The third kappa shape index (κ3) is 5.53. The molecule has 1 aromatic carbocycles.